The first-order chi connectivity index (χ1) is 15.6. The number of halogens is 3. The number of hydrogen-bond donors (Lipinski definition) is 0. The second-order valence-electron chi connectivity index (χ2n) is 9.11. The van der Waals surface area contributed by atoms with Crippen LogP contribution >= 0.6 is 0 Å². The van der Waals surface area contributed by atoms with Crippen molar-refractivity contribution in [3.63, 3.8) is 0 Å². The molecule has 1 aromatic carbocycles. The SMILES string of the molecule is CC(C)C1CCN(Cc2ccc(-c3cn(C)c(=O)c4cnccc34)cc2OC(F)(F)F)CC1. The Labute approximate surface area is 190 Å². The van der Waals surface area contributed by atoms with E-state index in [0.717, 1.165) is 25.9 Å². The quantitative estimate of drug-likeness (QED) is 0.515. The summed E-state index contributed by atoms with van der Waals surface area (Å²) < 4.78 is 45.6. The Kier molecular flexibility index (Phi) is 6.47. The average molecular weight is 460 g/mol. The van der Waals surface area contributed by atoms with Crippen LogP contribution in [-0.4, -0.2) is 33.9 Å². The number of piperidine rings is 1. The summed E-state index contributed by atoms with van der Waals surface area (Å²) in [4.78, 5) is 18.7. The number of nitrogens with zero attached hydrogens (tertiary/aromatic N) is 3. The third-order valence-electron chi connectivity index (χ3n) is 6.56. The maximum absolute atomic E-state index is 13.3. The second kappa shape index (κ2) is 9.17. The summed E-state index contributed by atoms with van der Waals surface area (Å²) in [6.07, 6.45) is 1.96. The number of aromatic nitrogens is 2. The van der Waals surface area contributed by atoms with Crippen LogP contribution in [0.5, 0.6) is 5.75 Å². The summed E-state index contributed by atoms with van der Waals surface area (Å²) in [6.45, 7) is 6.54. The number of rotatable bonds is 5. The molecule has 0 aliphatic carbocycles. The molecule has 3 heterocycles. The number of alkyl halides is 3. The van der Waals surface area contributed by atoms with Crippen LogP contribution in [-0.2, 0) is 13.6 Å². The normalized spacial score (nSPS) is 16.0. The molecule has 1 aliphatic rings. The standard InChI is InChI=1S/C25H28F3N3O2/c1-16(2)17-7-10-31(11-8-17)14-19-5-4-18(12-23(19)33-25(26,27)28)22-15-30(3)24(32)21-13-29-9-6-20(21)22/h4-6,9,12-13,15-17H,7-8,10-11,14H2,1-3H3. The Hall–Kier alpha value is -2.87. The Bertz CT molecular complexity index is 1200. The molecule has 176 valence electrons. The van der Waals surface area contributed by atoms with Crippen molar-refractivity contribution in [1.29, 1.82) is 0 Å². The van der Waals surface area contributed by atoms with Crippen molar-refractivity contribution < 1.29 is 17.9 Å². The van der Waals surface area contributed by atoms with Gasteiger partial charge in [0.2, 0.25) is 0 Å². The largest absolute Gasteiger partial charge is 0.573 e. The lowest BCUT2D eigenvalue weighted by Gasteiger charge is -2.34. The highest BCUT2D eigenvalue weighted by atomic mass is 19.4. The molecule has 8 heteroatoms. The van der Waals surface area contributed by atoms with E-state index in [9.17, 15) is 18.0 Å². The van der Waals surface area contributed by atoms with Crippen LogP contribution in [0.15, 0.2) is 47.7 Å². The van der Waals surface area contributed by atoms with Gasteiger partial charge in [0, 0.05) is 43.3 Å². The Balaban J connectivity index is 1.70. The maximum atomic E-state index is 13.3. The van der Waals surface area contributed by atoms with Crippen molar-refractivity contribution in [3.8, 4) is 16.9 Å². The first kappa shape index (κ1) is 23.3. The van der Waals surface area contributed by atoms with Gasteiger partial charge in [-0.15, -0.1) is 13.2 Å². The first-order valence-corrected chi connectivity index (χ1v) is 11.2. The molecule has 1 fully saturated rings. The number of fused-ring (bicyclic) bond motifs is 1. The maximum Gasteiger partial charge on any atom is 0.573 e. The van der Waals surface area contributed by atoms with Crippen LogP contribution in [0.1, 0.15) is 32.3 Å². The van der Waals surface area contributed by atoms with Gasteiger partial charge in [0.05, 0.1) is 5.39 Å². The van der Waals surface area contributed by atoms with Crippen molar-refractivity contribution in [2.24, 2.45) is 18.9 Å². The molecule has 1 saturated heterocycles. The minimum absolute atomic E-state index is 0.206. The zero-order chi connectivity index (χ0) is 23.8. The topological polar surface area (TPSA) is 47.4 Å². The minimum atomic E-state index is -4.80. The van der Waals surface area contributed by atoms with E-state index in [1.54, 1.807) is 37.6 Å². The molecular formula is C25H28F3N3O2. The zero-order valence-electron chi connectivity index (χ0n) is 19.0. The fourth-order valence-corrected chi connectivity index (χ4v) is 4.63. The number of benzene rings is 1. The molecular weight excluding hydrogens is 431 g/mol. The molecule has 0 N–H and O–H groups in total. The molecule has 4 rings (SSSR count). The highest BCUT2D eigenvalue weighted by Gasteiger charge is 2.33. The van der Waals surface area contributed by atoms with Crippen LogP contribution in [0.25, 0.3) is 21.9 Å². The number of pyridine rings is 2. The van der Waals surface area contributed by atoms with Crippen molar-refractivity contribution in [1.82, 2.24) is 14.5 Å². The molecule has 3 aromatic rings. The summed E-state index contributed by atoms with van der Waals surface area (Å²) in [5.41, 5.74) is 1.47. The molecule has 33 heavy (non-hydrogen) atoms. The monoisotopic (exact) mass is 459 g/mol. The fourth-order valence-electron chi connectivity index (χ4n) is 4.63. The molecule has 5 nitrogen and oxygen atoms in total. The lowest BCUT2D eigenvalue weighted by molar-refractivity contribution is -0.275. The molecule has 0 spiro atoms. The fraction of sp³-hybridized carbons (Fsp3) is 0.440. The Morgan fingerprint density at radius 1 is 1.15 bits per heavy atom. The van der Waals surface area contributed by atoms with Crippen molar-refractivity contribution in [2.75, 3.05) is 13.1 Å². The molecule has 0 unspecified atom stereocenters. The summed E-state index contributed by atoms with van der Waals surface area (Å²) >= 11 is 0. The van der Waals surface area contributed by atoms with Gasteiger partial charge in [-0.05, 0) is 60.8 Å². The first-order valence-electron chi connectivity index (χ1n) is 11.2. The third kappa shape index (κ3) is 5.21. The molecule has 0 radical (unpaired) electrons. The Morgan fingerprint density at radius 2 is 1.88 bits per heavy atom. The van der Waals surface area contributed by atoms with Gasteiger partial charge >= 0.3 is 6.36 Å². The van der Waals surface area contributed by atoms with E-state index in [1.807, 2.05) is 0 Å². The van der Waals surface area contributed by atoms with Crippen molar-refractivity contribution >= 4 is 10.8 Å². The van der Waals surface area contributed by atoms with E-state index in [1.165, 1.54) is 16.8 Å². The van der Waals surface area contributed by atoms with Crippen LogP contribution in [0.3, 0.4) is 0 Å². The third-order valence-corrected chi connectivity index (χ3v) is 6.56. The summed E-state index contributed by atoms with van der Waals surface area (Å²) in [6, 6.07) is 6.61. The van der Waals surface area contributed by atoms with E-state index in [4.69, 9.17) is 0 Å². The van der Waals surface area contributed by atoms with Crippen LogP contribution in [0.4, 0.5) is 13.2 Å². The summed E-state index contributed by atoms with van der Waals surface area (Å²) in [5.74, 6) is 1.06. The van der Waals surface area contributed by atoms with Gasteiger partial charge in [0.15, 0.2) is 0 Å². The highest BCUT2D eigenvalue weighted by molar-refractivity contribution is 5.95. The van der Waals surface area contributed by atoms with Gasteiger partial charge in [-0.3, -0.25) is 14.7 Å². The molecule has 0 saturated carbocycles. The van der Waals surface area contributed by atoms with Gasteiger partial charge in [-0.25, -0.2) is 0 Å². The molecule has 2 aromatic heterocycles. The molecule has 0 amide bonds. The van der Waals surface area contributed by atoms with E-state index < -0.39 is 6.36 Å². The summed E-state index contributed by atoms with van der Waals surface area (Å²) in [7, 11) is 1.61. The number of hydrogen-bond acceptors (Lipinski definition) is 4. The van der Waals surface area contributed by atoms with Crippen LogP contribution < -0.4 is 10.3 Å². The van der Waals surface area contributed by atoms with E-state index in [0.29, 0.717) is 45.8 Å². The van der Waals surface area contributed by atoms with E-state index in [2.05, 4.69) is 28.5 Å². The van der Waals surface area contributed by atoms with E-state index >= 15 is 0 Å². The van der Waals surface area contributed by atoms with Crippen LogP contribution in [0.2, 0.25) is 0 Å². The lowest BCUT2D eigenvalue weighted by Crippen LogP contribution is -2.35. The van der Waals surface area contributed by atoms with E-state index in [-0.39, 0.29) is 11.3 Å². The van der Waals surface area contributed by atoms with Gasteiger partial charge in [-0.2, -0.15) is 0 Å². The number of ether oxygens (including phenoxy) is 1. The van der Waals surface area contributed by atoms with Gasteiger partial charge in [0.1, 0.15) is 5.75 Å². The van der Waals surface area contributed by atoms with Crippen LogP contribution in [0, 0.1) is 11.8 Å². The van der Waals surface area contributed by atoms with Gasteiger partial charge in [0.25, 0.3) is 5.56 Å². The van der Waals surface area contributed by atoms with Gasteiger partial charge < -0.3 is 9.30 Å². The van der Waals surface area contributed by atoms with Crippen molar-refractivity contribution in [3.05, 3.63) is 58.8 Å². The van der Waals surface area contributed by atoms with Gasteiger partial charge in [-0.1, -0.05) is 26.0 Å². The molecule has 0 atom stereocenters. The molecule has 1 aliphatic heterocycles. The zero-order valence-corrected chi connectivity index (χ0v) is 19.0. The predicted octanol–water partition coefficient (Wildman–Crippen LogP) is 5.37. The number of aryl methyl sites for hydroxylation is 1. The predicted molar refractivity (Wildman–Crippen MR) is 122 cm³/mol. The van der Waals surface area contributed by atoms with Crippen molar-refractivity contribution in [2.45, 2.75) is 39.6 Å². The minimum Gasteiger partial charge on any atom is -0.405 e. The number of likely N-dealkylation sites (tertiary alicyclic amines) is 1. The lowest BCUT2D eigenvalue weighted by atomic mass is 9.86. The average Bonchev–Trinajstić information content (AvgIpc) is 2.77. The smallest absolute Gasteiger partial charge is 0.405 e. The summed E-state index contributed by atoms with van der Waals surface area (Å²) in [5, 5.41) is 1.04. The highest BCUT2D eigenvalue weighted by Crippen LogP contribution is 2.35. The second-order valence-corrected chi connectivity index (χ2v) is 9.11. The molecule has 0 bridgehead atoms. The Morgan fingerprint density at radius 3 is 2.55 bits per heavy atom.